The SMILES string of the molecule is CCOc1cc(C=C2SC(=N)NC2=O)ccc1OCCCOc1ccccc1Cl. The summed E-state index contributed by atoms with van der Waals surface area (Å²) in [4.78, 5) is 12.3. The quantitative estimate of drug-likeness (QED) is 0.442. The van der Waals surface area contributed by atoms with Gasteiger partial charge in [0.2, 0.25) is 0 Å². The number of hydrogen-bond acceptors (Lipinski definition) is 6. The minimum Gasteiger partial charge on any atom is -0.492 e. The summed E-state index contributed by atoms with van der Waals surface area (Å²) in [6.07, 6.45) is 2.41. The number of nitrogens with one attached hydrogen (secondary N) is 2. The van der Waals surface area contributed by atoms with Gasteiger partial charge in [-0.1, -0.05) is 29.8 Å². The summed E-state index contributed by atoms with van der Waals surface area (Å²) in [5.74, 6) is 1.62. The maximum absolute atomic E-state index is 11.8. The van der Waals surface area contributed by atoms with Gasteiger partial charge < -0.3 is 19.5 Å². The molecule has 1 aliphatic heterocycles. The Hall–Kier alpha value is -2.64. The molecule has 0 saturated carbocycles. The monoisotopic (exact) mass is 432 g/mol. The Balaban J connectivity index is 1.57. The molecule has 1 amide bonds. The maximum atomic E-state index is 11.8. The Morgan fingerprint density at radius 1 is 1.07 bits per heavy atom. The summed E-state index contributed by atoms with van der Waals surface area (Å²) >= 11 is 7.16. The van der Waals surface area contributed by atoms with Crippen molar-refractivity contribution < 1.29 is 19.0 Å². The smallest absolute Gasteiger partial charge is 0.264 e. The number of benzene rings is 2. The first-order valence-corrected chi connectivity index (χ1v) is 10.3. The van der Waals surface area contributed by atoms with Crippen LogP contribution in [0.1, 0.15) is 18.9 Å². The molecule has 152 valence electrons. The molecule has 1 fully saturated rings. The van der Waals surface area contributed by atoms with E-state index in [1.165, 1.54) is 0 Å². The van der Waals surface area contributed by atoms with E-state index in [1.54, 1.807) is 12.1 Å². The molecule has 1 saturated heterocycles. The number of thioether (sulfide) groups is 1. The first-order valence-electron chi connectivity index (χ1n) is 9.13. The molecule has 2 aromatic carbocycles. The van der Waals surface area contributed by atoms with Gasteiger partial charge in [-0.05, 0) is 54.6 Å². The molecular weight excluding hydrogens is 412 g/mol. The van der Waals surface area contributed by atoms with E-state index in [4.69, 9.17) is 31.2 Å². The lowest BCUT2D eigenvalue weighted by molar-refractivity contribution is -0.115. The van der Waals surface area contributed by atoms with Gasteiger partial charge in [-0.15, -0.1) is 0 Å². The Bertz CT molecular complexity index is 933. The van der Waals surface area contributed by atoms with Gasteiger partial charge in [0.05, 0.1) is 29.7 Å². The largest absolute Gasteiger partial charge is 0.492 e. The van der Waals surface area contributed by atoms with Crippen LogP contribution in [0, 0.1) is 5.41 Å². The van der Waals surface area contributed by atoms with Gasteiger partial charge in [0.15, 0.2) is 16.7 Å². The van der Waals surface area contributed by atoms with Crippen molar-refractivity contribution in [2.24, 2.45) is 0 Å². The zero-order chi connectivity index (χ0) is 20.6. The molecule has 0 aromatic heterocycles. The fourth-order valence-corrected chi connectivity index (χ4v) is 3.47. The lowest BCUT2D eigenvalue weighted by atomic mass is 10.2. The van der Waals surface area contributed by atoms with Crippen LogP contribution in [0.3, 0.4) is 0 Å². The number of hydrogen-bond donors (Lipinski definition) is 2. The molecule has 29 heavy (non-hydrogen) atoms. The van der Waals surface area contributed by atoms with Gasteiger partial charge in [0.25, 0.3) is 5.91 Å². The average molecular weight is 433 g/mol. The van der Waals surface area contributed by atoms with Crippen molar-refractivity contribution in [3.8, 4) is 17.2 Å². The summed E-state index contributed by atoms with van der Waals surface area (Å²) in [6.45, 7) is 3.33. The number of para-hydroxylation sites is 1. The highest BCUT2D eigenvalue weighted by atomic mass is 35.5. The molecule has 0 bridgehead atoms. The molecule has 1 aliphatic rings. The highest BCUT2D eigenvalue weighted by Crippen LogP contribution is 2.32. The van der Waals surface area contributed by atoms with E-state index in [9.17, 15) is 4.79 Å². The topological polar surface area (TPSA) is 80.6 Å². The van der Waals surface area contributed by atoms with E-state index in [0.29, 0.717) is 53.4 Å². The molecular formula is C21H21ClN2O4S. The fourth-order valence-electron chi connectivity index (χ4n) is 2.58. The number of rotatable bonds is 9. The van der Waals surface area contributed by atoms with Crippen LogP contribution in [0.2, 0.25) is 5.02 Å². The van der Waals surface area contributed by atoms with Crippen LogP contribution in [0.25, 0.3) is 6.08 Å². The Kier molecular flexibility index (Phi) is 7.43. The third-order valence-corrected chi connectivity index (χ3v) is 5.01. The third kappa shape index (κ3) is 5.92. The van der Waals surface area contributed by atoms with E-state index >= 15 is 0 Å². The fraction of sp³-hybridized carbons (Fsp3) is 0.238. The first-order chi connectivity index (χ1) is 14.1. The second-order valence-corrected chi connectivity index (χ2v) is 7.47. The first kappa shape index (κ1) is 21.1. The van der Waals surface area contributed by atoms with Crippen molar-refractivity contribution >= 4 is 40.5 Å². The summed E-state index contributed by atoms with van der Waals surface area (Å²) in [7, 11) is 0. The van der Waals surface area contributed by atoms with Crippen LogP contribution in [0.15, 0.2) is 47.4 Å². The molecule has 2 N–H and O–H groups in total. The van der Waals surface area contributed by atoms with Crippen molar-refractivity contribution in [3.05, 3.63) is 58.0 Å². The zero-order valence-corrected chi connectivity index (χ0v) is 17.4. The molecule has 3 rings (SSSR count). The molecule has 8 heteroatoms. The van der Waals surface area contributed by atoms with Gasteiger partial charge in [0.1, 0.15) is 5.75 Å². The molecule has 0 spiro atoms. The molecule has 0 unspecified atom stereocenters. The lowest BCUT2D eigenvalue weighted by Crippen LogP contribution is -2.18. The number of carbonyl (C=O) groups is 1. The molecule has 0 atom stereocenters. The molecule has 2 aromatic rings. The van der Waals surface area contributed by atoms with Crippen molar-refractivity contribution in [2.75, 3.05) is 19.8 Å². The van der Waals surface area contributed by atoms with Gasteiger partial charge in [-0.3, -0.25) is 10.2 Å². The average Bonchev–Trinajstić information content (AvgIpc) is 3.01. The summed E-state index contributed by atoms with van der Waals surface area (Å²) in [6, 6.07) is 12.8. The minimum atomic E-state index is -0.267. The van der Waals surface area contributed by atoms with E-state index in [2.05, 4.69) is 5.32 Å². The van der Waals surface area contributed by atoms with Crippen LogP contribution in [-0.2, 0) is 4.79 Å². The normalized spacial score (nSPS) is 14.8. The predicted octanol–water partition coefficient (Wildman–Crippen LogP) is 4.73. The van der Waals surface area contributed by atoms with E-state index in [0.717, 1.165) is 17.3 Å². The molecule has 1 heterocycles. The number of carbonyl (C=O) groups excluding carboxylic acids is 1. The number of ether oxygens (including phenoxy) is 3. The highest BCUT2D eigenvalue weighted by molar-refractivity contribution is 8.18. The zero-order valence-electron chi connectivity index (χ0n) is 15.9. The second-order valence-electron chi connectivity index (χ2n) is 6.01. The summed E-state index contributed by atoms with van der Waals surface area (Å²) in [5, 5.41) is 10.7. The van der Waals surface area contributed by atoms with Crippen molar-refractivity contribution in [1.29, 1.82) is 5.41 Å². The number of amides is 1. The Labute approximate surface area is 178 Å². The van der Waals surface area contributed by atoms with Crippen LogP contribution in [-0.4, -0.2) is 30.9 Å². The summed E-state index contributed by atoms with van der Waals surface area (Å²) < 4.78 is 17.2. The van der Waals surface area contributed by atoms with Crippen LogP contribution >= 0.6 is 23.4 Å². The molecule has 6 nitrogen and oxygen atoms in total. The van der Waals surface area contributed by atoms with Crippen LogP contribution < -0.4 is 19.5 Å². The van der Waals surface area contributed by atoms with Gasteiger partial charge >= 0.3 is 0 Å². The lowest BCUT2D eigenvalue weighted by Gasteiger charge is -2.13. The standard InChI is InChI=1S/C21H21ClN2O4S/c1-2-26-18-12-14(13-19-20(25)24-21(23)29-19)8-9-17(18)28-11-5-10-27-16-7-4-3-6-15(16)22/h3-4,6-9,12-13H,2,5,10-11H2,1H3,(H2,23,24,25). The molecule has 0 aliphatic carbocycles. The Morgan fingerprint density at radius 2 is 1.83 bits per heavy atom. The van der Waals surface area contributed by atoms with Crippen molar-refractivity contribution in [2.45, 2.75) is 13.3 Å². The molecule has 0 radical (unpaired) electrons. The Morgan fingerprint density at radius 3 is 2.52 bits per heavy atom. The second kappa shape index (κ2) is 10.2. The van der Waals surface area contributed by atoms with Crippen molar-refractivity contribution in [1.82, 2.24) is 5.32 Å². The minimum absolute atomic E-state index is 0.130. The van der Waals surface area contributed by atoms with Crippen molar-refractivity contribution in [3.63, 3.8) is 0 Å². The van der Waals surface area contributed by atoms with Gasteiger partial charge in [-0.2, -0.15) is 0 Å². The van der Waals surface area contributed by atoms with E-state index in [1.807, 2.05) is 43.3 Å². The van der Waals surface area contributed by atoms with E-state index < -0.39 is 0 Å². The predicted molar refractivity (Wildman–Crippen MR) is 116 cm³/mol. The van der Waals surface area contributed by atoms with E-state index in [-0.39, 0.29) is 11.1 Å². The van der Waals surface area contributed by atoms with Gasteiger partial charge in [0, 0.05) is 6.42 Å². The van der Waals surface area contributed by atoms with Gasteiger partial charge in [-0.25, -0.2) is 0 Å². The third-order valence-electron chi connectivity index (χ3n) is 3.87. The number of halogens is 1. The van der Waals surface area contributed by atoms with Crippen LogP contribution in [0.5, 0.6) is 17.2 Å². The summed E-state index contributed by atoms with van der Waals surface area (Å²) in [5.41, 5.74) is 0.801. The maximum Gasteiger partial charge on any atom is 0.264 e. The van der Waals surface area contributed by atoms with Crippen LogP contribution in [0.4, 0.5) is 0 Å². The number of amidine groups is 1. The highest BCUT2D eigenvalue weighted by Gasteiger charge is 2.22.